The summed E-state index contributed by atoms with van der Waals surface area (Å²) in [7, 11) is 0. The summed E-state index contributed by atoms with van der Waals surface area (Å²) < 4.78 is 0. The summed E-state index contributed by atoms with van der Waals surface area (Å²) >= 11 is 11.7. The predicted molar refractivity (Wildman–Crippen MR) is 51.9 cm³/mol. The number of nitrogens with zero attached hydrogens (tertiary/aromatic N) is 2. The number of aromatic nitrogens is 2. The van der Waals surface area contributed by atoms with E-state index >= 15 is 0 Å². The Morgan fingerprint density at radius 2 is 2.15 bits per heavy atom. The van der Waals surface area contributed by atoms with Crippen molar-refractivity contribution >= 4 is 29.3 Å². The lowest BCUT2D eigenvalue weighted by Crippen LogP contribution is -2.00. The fraction of sp³-hybridized carbons (Fsp3) is 0.333. The highest BCUT2D eigenvalue weighted by molar-refractivity contribution is 6.32. The topological polar surface area (TPSA) is 25.8 Å². The first-order valence-corrected chi connectivity index (χ1v) is 4.92. The smallest absolute Gasteiger partial charge is 0.222 e. The van der Waals surface area contributed by atoms with Gasteiger partial charge in [-0.05, 0) is 23.9 Å². The van der Waals surface area contributed by atoms with Crippen LogP contribution in [0.5, 0.6) is 0 Å². The Morgan fingerprint density at radius 3 is 3.00 bits per heavy atom. The zero-order valence-electron chi connectivity index (χ0n) is 6.67. The van der Waals surface area contributed by atoms with Crippen LogP contribution in [-0.4, -0.2) is 9.97 Å². The van der Waals surface area contributed by atoms with Gasteiger partial charge in [-0.15, -0.1) is 0 Å². The lowest BCUT2D eigenvalue weighted by Gasteiger charge is -2.09. The third-order valence-electron chi connectivity index (χ3n) is 2.60. The lowest BCUT2D eigenvalue weighted by atomic mass is 10.1. The third kappa shape index (κ3) is 1.09. The van der Waals surface area contributed by atoms with Crippen molar-refractivity contribution in [1.82, 2.24) is 9.97 Å². The minimum absolute atomic E-state index is 0.254. The van der Waals surface area contributed by atoms with Crippen LogP contribution in [0.4, 0.5) is 0 Å². The zero-order chi connectivity index (χ0) is 9.00. The monoisotopic (exact) mass is 212 g/mol. The van der Waals surface area contributed by atoms with Gasteiger partial charge < -0.3 is 0 Å². The summed E-state index contributed by atoms with van der Waals surface area (Å²) in [5.41, 5.74) is 1.97. The quantitative estimate of drug-likeness (QED) is 0.489. The van der Waals surface area contributed by atoms with Crippen LogP contribution in [0.2, 0.25) is 10.4 Å². The highest BCUT2D eigenvalue weighted by Gasteiger charge is 2.41. The SMILES string of the molecule is Clc1nc(Cl)c2c(n1)C1CC1C=C2. The molecule has 1 heterocycles. The largest absolute Gasteiger partial charge is 0.224 e. The molecule has 66 valence electrons. The van der Waals surface area contributed by atoms with E-state index in [4.69, 9.17) is 23.2 Å². The summed E-state index contributed by atoms with van der Waals surface area (Å²) in [6, 6.07) is 0. The molecule has 4 heteroatoms. The first kappa shape index (κ1) is 7.77. The van der Waals surface area contributed by atoms with Gasteiger partial charge in [0.25, 0.3) is 0 Å². The van der Waals surface area contributed by atoms with E-state index in [1.165, 1.54) is 6.42 Å². The molecule has 0 aromatic carbocycles. The van der Waals surface area contributed by atoms with Crippen LogP contribution >= 0.6 is 23.2 Å². The second-order valence-electron chi connectivity index (χ2n) is 3.45. The van der Waals surface area contributed by atoms with Gasteiger partial charge >= 0.3 is 0 Å². The molecule has 1 aromatic rings. The predicted octanol–water partition coefficient (Wildman–Crippen LogP) is 2.91. The number of allylic oxidation sites excluding steroid dienone is 1. The van der Waals surface area contributed by atoms with Crippen LogP contribution in [0, 0.1) is 5.92 Å². The molecule has 0 spiro atoms. The zero-order valence-corrected chi connectivity index (χ0v) is 8.18. The fourth-order valence-corrected chi connectivity index (χ4v) is 2.29. The molecule has 0 saturated heterocycles. The van der Waals surface area contributed by atoms with E-state index < -0.39 is 0 Å². The summed E-state index contributed by atoms with van der Waals surface area (Å²) in [5, 5.41) is 0.723. The average Bonchev–Trinajstić information content (AvgIpc) is 2.82. The normalized spacial score (nSPS) is 28.2. The van der Waals surface area contributed by atoms with Crippen molar-refractivity contribution in [2.45, 2.75) is 12.3 Å². The van der Waals surface area contributed by atoms with E-state index in [9.17, 15) is 0 Å². The fourth-order valence-electron chi connectivity index (χ4n) is 1.83. The van der Waals surface area contributed by atoms with Crippen molar-refractivity contribution in [3.05, 3.63) is 27.8 Å². The van der Waals surface area contributed by atoms with Crippen LogP contribution < -0.4 is 0 Å². The molecule has 1 aromatic heterocycles. The molecule has 13 heavy (non-hydrogen) atoms. The summed E-state index contributed by atoms with van der Waals surface area (Å²) in [4.78, 5) is 8.12. The Kier molecular flexibility index (Phi) is 1.47. The standard InChI is InChI=1S/C9H6Cl2N2/c10-8-5-2-1-4-3-6(4)7(5)12-9(11)13-8/h1-2,4,6H,3H2. The Hall–Kier alpha value is -0.600. The molecule has 0 amide bonds. The molecule has 2 aliphatic rings. The lowest BCUT2D eigenvalue weighted by molar-refractivity contribution is 0.918. The van der Waals surface area contributed by atoms with E-state index in [0.717, 1.165) is 11.3 Å². The molecule has 0 radical (unpaired) electrons. The van der Waals surface area contributed by atoms with E-state index in [1.54, 1.807) is 0 Å². The van der Waals surface area contributed by atoms with Crippen molar-refractivity contribution < 1.29 is 0 Å². The van der Waals surface area contributed by atoms with Crippen LogP contribution in [0.25, 0.3) is 6.08 Å². The van der Waals surface area contributed by atoms with Gasteiger partial charge in [0.1, 0.15) is 5.15 Å². The number of halogens is 2. The number of rotatable bonds is 0. The third-order valence-corrected chi connectivity index (χ3v) is 3.06. The van der Waals surface area contributed by atoms with E-state index in [-0.39, 0.29) is 5.28 Å². The van der Waals surface area contributed by atoms with Gasteiger partial charge in [0.05, 0.1) is 5.69 Å². The van der Waals surface area contributed by atoms with Crippen molar-refractivity contribution in [3.8, 4) is 0 Å². The minimum Gasteiger partial charge on any atom is -0.222 e. The van der Waals surface area contributed by atoms with Crippen molar-refractivity contribution in [1.29, 1.82) is 0 Å². The molecule has 2 aliphatic carbocycles. The molecular weight excluding hydrogens is 207 g/mol. The molecular formula is C9H6Cl2N2. The molecule has 3 rings (SSSR count). The van der Waals surface area contributed by atoms with E-state index in [0.29, 0.717) is 17.0 Å². The number of hydrogen-bond donors (Lipinski definition) is 0. The van der Waals surface area contributed by atoms with E-state index in [1.807, 2.05) is 6.08 Å². The Morgan fingerprint density at radius 1 is 1.31 bits per heavy atom. The molecule has 2 unspecified atom stereocenters. The molecule has 1 saturated carbocycles. The molecule has 0 aliphatic heterocycles. The summed E-state index contributed by atoms with van der Waals surface area (Å²) in [6.45, 7) is 0. The summed E-state index contributed by atoms with van der Waals surface area (Å²) in [6.07, 6.45) is 5.35. The first-order chi connectivity index (χ1) is 6.25. The van der Waals surface area contributed by atoms with Crippen LogP contribution in [0.3, 0.4) is 0 Å². The maximum atomic E-state index is 5.94. The number of fused-ring (bicyclic) bond motifs is 3. The first-order valence-electron chi connectivity index (χ1n) is 4.17. The van der Waals surface area contributed by atoms with Crippen LogP contribution in [-0.2, 0) is 0 Å². The van der Waals surface area contributed by atoms with E-state index in [2.05, 4.69) is 16.0 Å². The van der Waals surface area contributed by atoms with Crippen molar-refractivity contribution in [2.75, 3.05) is 0 Å². The van der Waals surface area contributed by atoms with Gasteiger partial charge in [0.2, 0.25) is 5.28 Å². The van der Waals surface area contributed by atoms with Crippen molar-refractivity contribution in [2.24, 2.45) is 5.92 Å². The maximum absolute atomic E-state index is 5.94. The second-order valence-corrected chi connectivity index (χ2v) is 4.14. The Bertz CT molecular complexity index is 414. The van der Waals surface area contributed by atoms with Gasteiger partial charge in [0.15, 0.2) is 0 Å². The van der Waals surface area contributed by atoms with Crippen molar-refractivity contribution in [3.63, 3.8) is 0 Å². The Labute approximate surface area is 85.6 Å². The molecule has 2 nitrogen and oxygen atoms in total. The van der Waals surface area contributed by atoms with Gasteiger partial charge in [-0.3, -0.25) is 0 Å². The molecule has 2 atom stereocenters. The Balaban J connectivity index is 2.26. The van der Waals surface area contributed by atoms with Gasteiger partial charge in [0, 0.05) is 11.5 Å². The maximum Gasteiger partial charge on any atom is 0.224 e. The van der Waals surface area contributed by atoms with Gasteiger partial charge in [-0.2, -0.15) is 0 Å². The van der Waals surface area contributed by atoms with Gasteiger partial charge in [-0.1, -0.05) is 23.8 Å². The highest BCUT2D eigenvalue weighted by Crippen LogP contribution is 2.52. The van der Waals surface area contributed by atoms with Crippen LogP contribution in [0.15, 0.2) is 6.08 Å². The molecule has 0 bridgehead atoms. The summed E-state index contributed by atoms with van der Waals surface area (Å²) in [5.74, 6) is 1.20. The second kappa shape index (κ2) is 2.46. The highest BCUT2D eigenvalue weighted by atomic mass is 35.5. The van der Waals surface area contributed by atoms with Gasteiger partial charge in [-0.25, -0.2) is 9.97 Å². The number of hydrogen-bond acceptors (Lipinski definition) is 2. The average molecular weight is 213 g/mol. The minimum atomic E-state index is 0.254. The van der Waals surface area contributed by atoms with Crippen LogP contribution in [0.1, 0.15) is 23.6 Å². The molecule has 1 fully saturated rings. The molecule has 0 N–H and O–H groups in total.